The zero-order valence-corrected chi connectivity index (χ0v) is 9.18. The largest absolute Gasteiger partial charge is 0.392 e. The second-order valence-corrected chi connectivity index (χ2v) is 3.55. The maximum absolute atomic E-state index is 13.4. The van der Waals surface area contributed by atoms with Crippen LogP contribution in [0.25, 0.3) is 17.0 Å². The van der Waals surface area contributed by atoms with E-state index in [4.69, 9.17) is 5.11 Å². The fourth-order valence-corrected chi connectivity index (χ4v) is 1.56. The molecule has 0 atom stereocenters. The van der Waals surface area contributed by atoms with E-state index < -0.39 is 5.83 Å². The summed E-state index contributed by atoms with van der Waals surface area (Å²) in [6, 6.07) is 10.9. The molecule has 3 heteroatoms. The topological polar surface area (TPSA) is 33.1 Å². The van der Waals surface area contributed by atoms with Gasteiger partial charge in [-0.1, -0.05) is 24.3 Å². The average molecular weight is 229 g/mol. The predicted molar refractivity (Wildman–Crippen MR) is 65.8 cm³/mol. The number of halogens is 1. The zero-order valence-electron chi connectivity index (χ0n) is 9.18. The molecule has 2 rings (SSSR count). The van der Waals surface area contributed by atoms with Gasteiger partial charge in [0.1, 0.15) is 5.83 Å². The highest BCUT2D eigenvalue weighted by atomic mass is 19.1. The van der Waals surface area contributed by atoms with Gasteiger partial charge in [-0.25, -0.2) is 4.39 Å². The second kappa shape index (κ2) is 5.37. The summed E-state index contributed by atoms with van der Waals surface area (Å²) in [5, 5.41) is 8.61. The Morgan fingerprint density at radius 1 is 1.06 bits per heavy atom. The van der Waals surface area contributed by atoms with Crippen molar-refractivity contribution in [2.24, 2.45) is 0 Å². The van der Waals surface area contributed by atoms with Crippen LogP contribution < -0.4 is 0 Å². The Hall–Kier alpha value is -2.00. The van der Waals surface area contributed by atoms with Crippen LogP contribution >= 0.6 is 0 Å². The Morgan fingerprint density at radius 3 is 2.24 bits per heavy atom. The number of nitrogens with zero attached hydrogens (tertiary/aromatic N) is 1. The van der Waals surface area contributed by atoms with Crippen LogP contribution in [0.4, 0.5) is 4.39 Å². The Balaban J connectivity index is 2.28. The molecule has 1 aromatic carbocycles. The highest BCUT2D eigenvalue weighted by Crippen LogP contribution is 2.22. The fraction of sp³-hybridized carbons (Fsp3) is 0.0714. The van der Waals surface area contributed by atoms with Crippen molar-refractivity contribution < 1.29 is 9.50 Å². The lowest BCUT2D eigenvalue weighted by Gasteiger charge is -2.02. The number of aliphatic hydroxyl groups excluding tert-OH is 1. The van der Waals surface area contributed by atoms with Crippen LogP contribution in [0, 0.1) is 0 Å². The molecular weight excluding hydrogens is 217 g/mol. The van der Waals surface area contributed by atoms with E-state index in [9.17, 15) is 4.39 Å². The highest BCUT2D eigenvalue weighted by molar-refractivity contribution is 5.67. The van der Waals surface area contributed by atoms with Crippen LogP contribution in [0.1, 0.15) is 5.56 Å². The van der Waals surface area contributed by atoms with Crippen molar-refractivity contribution in [2.75, 3.05) is 6.61 Å². The Bertz CT molecular complexity index is 506. The molecule has 2 nitrogen and oxygen atoms in total. The van der Waals surface area contributed by atoms with Gasteiger partial charge in [-0.2, -0.15) is 0 Å². The monoisotopic (exact) mass is 229 g/mol. The van der Waals surface area contributed by atoms with Gasteiger partial charge in [0.15, 0.2) is 0 Å². The van der Waals surface area contributed by atoms with E-state index in [0.717, 1.165) is 17.2 Å². The smallest absolute Gasteiger partial charge is 0.128 e. The normalized spacial score (nSPS) is 11.5. The SMILES string of the molecule is OC/C=C(\F)c1ccc(-c2ccncc2)cc1. The lowest BCUT2D eigenvalue weighted by Crippen LogP contribution is -1.83. The van der Waals surface area contributed by atoms with E-state index in [1.165, 1.54) is 0 Å². The van der Waals surface area contributed by atoms with Gasteiger partial charge in [0.2, 0.25) is 0 Å². The van der Waals surface area contributed by atoms with Gasteiger partial charge in [-0.3, -0.25) is 4.98 Å². The first-order chi connectivity index (χ1) is 8.31. The van der Waals surface area contributed by atoms with E-state index in [1.54, 1.807) is 24.5 Å². The Labute approximate surface area is 99.1 Å². The van der Waals surface area contributed by atoms with E-state index >= 15 is 0 Å². The molecule has 0 aliphatic heterocycles. The molecule has 0 radical (unpaired) electrons. The van der Waals surface area contributed by atoms with Crippen molar-refractivity contribution in [3.8, 4) is 11.1 Å². The minimum absolute atomic E-state index is 0.294. The van der Waals surface area contributed by atoms with Crippen LogP contribution in [-0.4, -0.2) is 16.7 Å². The van der Waals surface area contributed by atoms with Crippen molar-refractivity contribution in [1.29, 1.82) is 0 Å². The predicted octanol–water partition coefficient (Wildman–Crippen LogP) is 3.05. The first kappa shape index (κ1) is 11.5. The minimum atomic E-state index is -0.409. The van der Waals surface area contributed by atoms with E-state index in [1.807, 2.05) is 24.3 Å². The molecule has 0 aliphatic rings. The van der Waals surface area contributed by atoms with Crippen LogP contribution in [0.15, 0.2) is 54.9 Å². The highest BCUT2D eigenvalue weighted by Gasteiger charge is 2.01. The summed E-state index contributed by atoms with van der Waals surface area (Å²) < 4.78 is 13.4. The van der Waals surface area contributed by atoms with Crippen molar-refractivity contribution in [1.82, 2.24) is 4.98 Å². The summed E-state index contributed by atoms with van der Waals surface area (Å²) in [6.07, 6.45) is 4.58. The zero-order chi connectivity index (χ0) is 12.1. The summed E-state index contributed by atoms with van der Waals surface area (Å²) in [7, 11) is 0. The third-order valence-corrected chi connectivity index (χ3v) is 2.44. The summed E-state index contributed by atoms with van der Waals surface area (Å²) in [4.78, 5) is 3.94. The van der Waals surface area contributed by atoms with Gasteiger partial charge >= 0.3 is 0 Å². The van der Waals surface area contributed by atoms with Crippen LogP contribution in [-0.2, 0) is 0 Å². The molecule has 0 fully saturated rings. The molecule has 0 amide bonds. The van der Waals surface area contributed by atoms with E-state index in [-0.39, 0.29) is 6.61 Å². The molecule has 0 saturated heterocycles. The van der Waals surface area contributed by atoms with Gasteiger partial charge in [-0.05, 0) is 29.3 Å². The fourth-order valence-electron chi connectivity index (χ4n) is 1.56. The number of rotatable bonds is 3. The average Bonchev–Trinajstić information content (AvgIpc) is 2.40. The molecule has 17 heavy (non-hydrogen) atoms. The third-order valence-electron chi connectivity index (χ3n) is 2.44. The number of aliphatic hydroxyl groups is 1. The lowest BCUT2D eigenvalue weighted by molar-refractivity contribution is 0.342. The maximum Gasteiger partial charge on any atom is 0.128 e. The lowest BCUT2D eigenvalue weighted by atomic mass is 10.0. The molecule has 2 aromatic rings. The Morgan fingerprint density at radius 2 is 1.65 bits per heavy atom. The number of benzene rings is 1. The third kappa shape index (κ3) is 2.77. The van der Waals surface area contributed by atoms with Gasteiger partial charge in [0.05, 0.1) is 6.61 Å². The molecule has 0 unspecified atom stereocenters. The van der Waals surface area contributed by atoms with Gasteiger partial charge in [0.25, 0.3) is 0 Å². The summed E-state index contributed by atoms with van der Waals surface area (Å²) in [5.74, 6) is -0.409. The van der Waals surface area contributed by atoms with Crippen LogP contribution in [0.5, 0.6) is 0 Å². The first-order valence-corrected chi connectivity index (χ1v) is 5.28. The van der Waals surface area contributed by atoms with E-state index in [2.05, 4.69) is 4.98 Å². The van der Waals surface area contributed by atoms with Crippen LogP contribution in [0.2, 0.25) is 0 Å². The van der Waals surface area contributed by atoms with Gasteiger partial charge in [0, 0.05) is 18.0 Å². The van der Waals surface area contributed by atoms with Crippen molar-refractivity contribution >= 4 is 5.83 Å². The van der Waals surface area contributed by atoms with Crippen molar-refractivity contribution in [2.45, 2.75) is 0 Å². The first-order valence-electron chi connectivity index (χ1n) is 5.28. The molecule has 86 valence electrons. The second-order valence-electron chi connectivity index (χ2n) is 3.55. The molecule has 0 spiro atoms. The molecule has 1 heterocycles. The summed E-state index contributed by atoms with van der Waals surface area (Å²) >= 11 is 0. The summed E-state index contributed by atoms with van der Waals surface area (Å²) in [5.41, 5.74) is 2.52. The molecule has 1 N–H and O–H groups in total. The number of hydrogen-bond acceptors (Lipinski definition) is 2. The standard InChI is InChI=1S/C14H12FNO/c15-14(7-10-17)13-3-1-11(2-4-13)12-5-8-16-9-6-12/h1-9,17H,10H2/b14-7-. The molecule has 1 aromatic heterocycles. The molecule has 0 aliphatic carbocycles. The van der Waals surface area contributed by atoms with Crippen LogP contribution in [0.3, 0.4) is 0 Å². The summed E-state index contributed by atoms with van der Waals surface area (Å²) in [6.45, 7) is -0.294. The number of hydrogen-bond donors (Lipinski definition) is 1. The number of aromatic nitrogens is 1. The maximum atomic E-state index is 13.4. The molecule has 0 saturated carbocycles. The van der Waals surface area contributed by atoms with Gasteiger partial charge < -0.3 is 5.11 Å². The van der Waals surface area contributed by atoms with Crippen molar-refractivity contribution in [3.05, 3.63) is 60.4 Å². The molecular formula is C14H12FNO. The van der Waals surface area contributed by atoms with E-state index in [0.29, 0.717) is 5.56 Å². The molecule has 0 bridgehead atoms. The van der Waals surface area contributed by atoms with Gasteiger partial charge in [-0.15, -0.1) is 0 Å². The quantitative estimate of drug-likeness (QED) is 0.877. The number of pyridine rings is 1. The van der Waals surface area contributed by atoms with Crippen molar-refractivity contribution in [3.63, 3.8) is 0 Å². The Kier molecular flexibility index (Phi) is 3.62. The minimum Gasteiger partial charge on any atom is -0.392 e.